The average molecular weight is 266 g/mol. The standard InChI is InChI=1S/C15H30N4/c1-7-19(8-2)10-13(5)16-9-14-11-18(6)17-15(14)12(3)4/h11-13,16H,7-10H2,1-6H3. The second-order valence-electron chi connectivity index (χ2n) is 5.64. The zero-order valence-electron chi connectivity index (χ0n) is 13.4. The zero-order chi connectivity index (χ0) is 14.4. The molecule has 110 valence electrons. The first kappa shape index (κ1) is 16.2. The van der Waals surface area contributed by atoms with Crippen LogP contribution >= 0.6 is 0 Å². The Morgan fingerprint density at radius 1 is 1.26 bits per heavy atom. The fourth-order valence-corrected chi connectivity index (χ4v) is 2.39. The summed E-state index contributed by atoms with van der Waals surface area (Å²) in [5.41, 5.74) is 2.54. The van der Waals surface area contributed by atoms with E-state index in [1.807, 2.05) is 11.7 Å². The normalized spacial score (nSPS) is 13.5. The van der Waals surface area contributed by atoms with Crippen molar-refractivity contribution in [3.8, 4) is 0 Å². The molecule has 19 heavy (non-hydrogen) atoms. The Balaban J connectivity index is 2.52. The Morgan fingerprint density at radius 2 is 1.89 bits per heavy atom. The van der Waals surface area contributed by atoms with Gasteiger partial charge in [0.05, 0.1) is 5.69 Å². The quantitative estimate of drug-likeness (QED) is 0.784. The minimum absolute atomic E-state index is 0.482. The summed E-state index contributed by atoms with van der Waals surface area (Å²) in [5.74, 6) is 0.482. The highest BCUT2D eigenvalue weighted by Gasteiger charge is 2.13. The number of hydrogen-bond donors (Lipinski definition) is 1. The lowest BCUT2D eigenvalue weighted by atomic mass is 10.1. The van der Waals surface area contributed by atoms with Crippen molar-refractivity contribution in [1.29, 1.82) is 0 Å². The summed E-state index contributed by atoms with van der Waals surface area (Å²) in [6.07, 6.45) is 2.13. The van der Waals surface area contributed by atoms with Crippen LogP contribution in [0, 0.1) is 0 Å². The second-order valence-corrected chi connectivity index (χ2v) is 5.64. The smallest absolute Gasteiger partial charge is 0.0694 e. The van der Waals surface area contributed by atoms with Crippen molar-refractivity contribution in [1.82, 2.24) is 20.0 Å². The van der Waals surface area contributed by atoms with Crippen LogP contribution in [-0.2, 0) is 13.6 Å². The van der Waals surface area contributed by atoms with Gasteiger partial charge in [-0.15, -0.1) is 0 Å². The molecule has 1 atom stereocenters. The van der Waals surface area contributed by atoms with Crippen molar-refractivity contribution in [2.24, 2.45) is 7.05 Å². The first-order valence-electron chi connectivity index (χ1n) is 7.46. The molecule has 1 aromatic rings. The van der Waals surface area contributed by atoms with Crippen molar-refractivity contribution in [3.63, 3.8) is 0 Å². The maximum Gasteiger partial charge on any atom is 0.0694 e. The fourth-order valence-electron chi connectivity index (χ4n) is 2.39. The van der Waals surface area contributed by atoms with Gasteiger partial charge in [0, 0.05) is 37.9 Å². The van der Waals surface area contributed by atoms with E-state index in [1.165, 1.54) is 11.3 Å². The molecule has 4 nitrogen and oxygen atoms in total. The molecule has 0 spiro atoms. The van der Waals surface area contributed by atoms with Crippen molar-refractivity contribution in [2.45, 2.75) is 53.1 Å². The molecule has 0 aliphatic heterocycles. The van der Waals surface area contributed by atoms with Crippen molar-refractivity contribution >= 4 is 0 Å². The topological polar surface area (TPSA) is 33.1 Å². The van der Waals surface area contributed by atoms with Crippen molar-refractivity contribution in [3.05, 3.63) is 17.5 Å². The third-order valence-electron chi connectivity index (χ3n) is 3.55. The van der Waals surface area contributed by atoms with Crippen LogP contribution in [0.15, 0.2) is 6.20 Å². The van der Waals surface area contributed by atoms with Crippen LogP contribution in [0.2, 0.25) is 0 Å². The molecule has 1 N–H and O–H groups in total. The summed E-state index contributed by atoms with van der Waals surface area (Å²) in [4.78, 5) is 2.45. The number of hydrogen-bond acceptors (Lipinski definition) is 3. The van der Waals surface area contributed by atoms with Gasteiger partial charge < -0.3 is 10.2 Å². The van der Waals surface area contributed by atoms with Gasteiger partial charge in [0.25, 0.3) is 0 Å². The van der Waals surface area contributed by atoms with Gasteiger partial charge in [-0.25, -0.2) is 0 Å². The summed E-state index contributed by atoms with van der Waals surface area (Å²) in [5, 5.41) is 8.16. The summed E-state index contributed by atoms with van der Waals surface area (Å²) in [6.45, 7) is 15.3. The van der Waals surface area contributed by atoms with Gasteiger partial charge in [0.1, 0.15) is 0 Å². The molecule has 0 bridgehead atoms. The Morgan fingerprint density at radius 3 is 2.42 bits per heavy atom. The summed E-state index contributed by atoms with van der Waals surface area (Å²) in [6, 6.07) is 0.500. The van der Waals surface area contributed by atoms with Crippen molar-refractivity contribution in [2.75, 3.05) is 19.6 Å². The minimum Gasteiger partial charge on any atom is -0.309 e. The largest absolute Gasteiger partial charge is 0.309 e. The van der Waals surface area contributed by atoms with E-state index < -0.39 is 0 Å². The number of rotatable bonds is 8. The van der Waals surface area contributed by atoms with Gasteiger partial charge in [-0.3, -0.25) is 4.68 Å². The number of nitrogens with zero attached hydrogens (tertiary/aromatic N) is 3. The number of nitrogens with one attached hydrogen (secondary N) is 1. The summed E-state index contributed by atoms with van der Waals surface area (Å²) < 4.78 is 1.92. The molecule has 1 aromatic heterocycles. The van der Waals surface area contributed by atoms with E-state index in [4.69, 9.17) is 0 Å². The highest BCUT2D eigenvalue weighted by atomic mass is 15.3. The monoisotopic (exact) mass is 266 g/mol. The molecule has 1 unspecified atom stereocenters. The molecule has 0 aliphatic rings. The number of aromatic nitrogens is 2. The molecular formula is C15H30N4. The number of likely N-dealkylation sites (N-methyl/N-ethyl adjacent to an activating group) is 1. The lowest BCUT2D eigenvalue weighted by Crippen LogP contribution is -2.38. The Kier molecular flexibility index (Phi) is 6.52. The Hall–Kier alpha value is -0.870. The van der Waals surface area contributed by atoms with E-state index >= 15 is 0 Å². The Labute approximate surface area is 118 Å². The third-order valence-corrected chi connectivity index (χ3v) is 3.55. The summed E-state index contributed by atoms with van der Waals surface area (Å²) in [7, 11) is 1.99. The molecule has 0 amide bonds. The molecular weight excluding hydrogens is 236 g/mol. The second kappa shape index (κ2) is 7.65. The van der Waals surface area contributed by atoms with Gasteiger partial charge in [0.2, 0.25) is 0 Å². The first-order valence-corrected chi connectivity index (χ1v) is 7.46. The van der Waals surface area contributed by atoms with E-state index in [9.17, 15) is 0 Å². The van der Waals surface area contributed by atoms with Crippen LogP contribution in [0.4, 0.5) is 0 Å². The van der Waals surface area contributed by atoms with E-state index in [1.54, 1.807) is 0 Å². The van der Waals surface area contributed by atoms with Crippen LogP contribution in [0.1, 0.15) is 51.8 Å². The van der Waals surface area contributed by atoms with Gasteiger partial charge in [-0.1, -0.05) is 27.7 Å². The van der Waals surface area contributed by atoms with Crippen LogP contribution in [-0.4, -0.2) is 40.4 Å². The maximum atomic E-state index is 4.55. The van der Waals surface area contributed by atoms with Crippen LogP contribution in [0.5, 0.6) is 0 Å². The van der Waals surface area contributed by atoms with Gasteiger partial charge in [-0.2, -0.15) is 5.10 Å². The highest BCUT2D eigenvalue weighted by molar-refractivity contribution is 5.20. The molecule has 1 heterocycles. The predicted molar refractivity (Wildman–Crippen MR) is 81.4 cm³/mol. The molecule has 4 heteroatoms. The third kappa shape index (κ3) is 4.96. The molecule has 0 aromatic carbocycles. The van der Waals surface area contributed by atoms with Gasteiger partial charge in [0.15, 0.2) is 0 Å². The van der Waals surface area contributed by atoms with E-state index in [2.05, 4.69) is 56.1 Å². The first-order chi connectivity index (χ1) is 8.97. The minimum atomic E-state index is 0.482. The molecule has 0 saturated heterocycles. The van der Waals surface area contributed by atoms with Crippen LogP contribution in [0.3, 0.4) is 0 Å². The number of aryl methyl sites for hydroxylation is 1. The fraction of sp³-hybridized carbons (Fsp3) is 0.800. The molecule has 0 radical (unpaired) electrons. The molecule has 0 saturated carbocycles. The molecule has 1 rings (SSSR count). The maximum absolute atomic E-state index is 4.55. The lowest BCUT2D eigenvalue weighted by molar-refractivity contribution is 0.270. The van der Waals surface area contributed by atoms with E-state index in [0.717, 1.165) is 26.2 Å². The predicted octanol–water partition coefficient (Wildman–Crippen LogP) is 2.36. The summed E-state index contributed by atoms with van der Waals surface area (Å²) >= 11 is 0. The van der Waals surface area contributed by atoms with Crippen LogP contribution in [0.25, 0.3) is 0 Å². The lowest BCUT2D eigenvalue weighted by Gasteiger charge is -2.23. The van der Waals surface area contributed by atoms with E-state index in [0.29, 0.717) is 12.0 Å². The van der Waals surface area contributed by atoms with Crippen LogP contribution < -0.4 is 5.32 Å². The average Bonchev–Trinajstić information content (AvgIpc) is 2.75. The van der Waals surface area contributed by atoms with E-state index in [-0.39, 0.29) is 0 Å². The van der Waals surface area contributed by atoms with Gasteiger partial charge in [-0.05, 0) is 25.9 Å². The SMILES string of the molecule is CCN(CC)CC(C)NCc1cn(C)nc1C(C)C. The van der Waals surface area contributed by atoms with Crippen molar-refractivity contribution < 1.29 is 0 Å². The molecule has 0 aliphatic carbocycles. The van der Waals surface area contributed by atoms with Gasteiger partial charge >= 0.3 is 0 Å². The highest BCUT2D eigenvalue weighted by Crippen LogP contribution is 2.17. The molecule has 0 fully saturated rings. The zero-order valence-corrected chi connectivity index (χ0v) is 13.4. The Bertz CT molecular complexity index is 366.